The highest BCUT2D eigenvalue weighted by Gasteiger charge is 2.13. The number of hydrogen-bond acceptors (Lipinski definition) is 6. The molecule has 0 amide bonds. The Morgan fingerprint density at radius 2 is 2.04 bits per heavy atom. The van der Waals surface area contributed by atoms with Gasteiger partial charge in [-0.2, -0.15) is 10.2 Å². The van der Waals surface area contributed by atoms with Crippen LogP contribution in [0, 0.1) is 11.3 Å². The van der Waals surface area contributed by atoms with Crippen LogP contribution >= 0.6 is 11.6 Å². The van der Waals surface area contributed by atoms with Crippen LogP contribution in [0.25, 0.3) is 11.4 Å². The molecule has 6 nitrogen and oxygen atoms in total. The van der Waals surface area contributed by atoms with Gasteiger partial charge >= 0.3 is 0 Å². The molecule has 7 heteroatoms. The fourth-order valence-electron chi connectivity index (χ4n) is 2.08. The van der Waals surface area contributed by atoms with Gasteiger partial charge in [-0.05, 0) is 30.3 Å². The van der Waals surface area contributed by atoms with Gasteiger partial charge in [-0.25, -0.2) is 0 Å². The summed E-state index contributed by atoms with van der Waals surface area (Å²) in [7, 11) is 1.58. The van der Waals surface area contributed by atoms with Crippen LogP contribution < -0.4 is 9.47 Å². The van der Waals surface area contributed by atoms with Crippen LogP contribution in [0.5, 0.6) is 11.5 Å². The Morgan fingerprint density at radius 1 is 1.21 bits per heavy atom. The molecule has 0 N–H and O–H groups in total. The Hall–Kier alpha value is -3.04. The lowest BCUT2D eigenvalue weighted by Gasteiger charge is -2.05. The monoisotopic (exact) mass is 341 g/mol. The predicted octanol–water partition coefficient (Wildman–Crippen LogP) is 3.85. The van der Waals surface area contributed by atoms with Gasteiger partial charge in [0.05, 0.1) is 29.3 Å². The molecule has 0 bridgehead atoms. The molecule has 0 saturated carbocycles. The first-order valence-electron chi connectivity index (χ1n) is 6.99. The number of aromatic nitrogens is 2. The largest absolute Gasteiger partial charge is 0.496 e. The number of methoxy groups -OCH3 is 1. The summed E-state index contributed by atoms with van der Waals surface area (Å²) in [5, 5.41) is 13.1. The van der Waals surface area contributed by atoms with Crippen molar-refractivity contribution >= 4 is 11.6 Å². The minimum Gasteiger partial charge on any atom is -0.496 e. The lowest BCUT2D eigenvalue weighted by atomic mass is 10.2. The fourth-order valence-corrected chi connectivity index (χ4v) is 2.31. The highest BCUT2D eigenvalue weighted by Crippen LogP contribution is 2.28. The Labute approximate surface area is 143 Å². The van der Waals surface area contributed by atoms with Crippen LogP contribution in [0.3, 0.4) is 0 Å². The smallest absolute Gasteiger partial charge is 0.264 e. The quantitative estimate of drug-likeness (QED) is 0.701. The van der Waals surface area contributed by atoms with E-state index in [2.05, 4.69) is 10.1 Å². The summed E-state index contributed by atoms with van der Waals surface area (Å²) in [6.07, 6.45) is 0. The molecule has 1 heterocycles. The van der Waals surface area contributed by atoms with Gasteiger partial charge in [-0.1, -0.05) is 28.9 Å². The molecule has 0 saturated heterocycles. The van der Waals surface area contributed by atoms with Crippen LogP contribution in [-0.4, -0.2) is 17.3 Å². The molecular formula is C17H12ClN3O3. The second-order valence-corrected chi connectivity index (χ2v) is 5.16. The number of nitriles is 1. The van der Waals surface area contributed by atoms with Gasteiger partial charge in [-0.15, -0.1) is 0 Å². The maximum atomic E-state index is 8.82. The molecule has 0 aliphatic heterocycles. The molecule has 2 aromatic carbocycles. The van der Waals surface area contributed by atoms with Gasteiger partial charge in [0.1, 0.15) is 11.5 Å². The molecule has 0 atom stereocenters. The minimum atomic E-state index is 0.0633. The molecular weight excluding hydrogens is 330 g/mol. The van der Waals surface area contributed by atoms with Gasteiger partial charge in [0.15, 0.2) is 6.61 Å². The molecule has 0 radical (unpaired) electrons. The van der Waals surface area contributed by atoms with E-state index in [0.717, 1.165) is 5.56 Å². The van der Waals surface area contributed by atoms with Crippen molar-refractivity contribution in [2.45, 2.75) is 6.61 Å². The highest BCUT2D eigenvalue weighted by atomic mass is 35.5. The highest BCUT2D eigenvalue weighted by molar-refractivity contribution is 6.32. The lowest BCUT2D eigenvalue weighted by molar-refractivity contribution is 0.243. The SMILES string of the molecule is COc1ccccc1-c1noc(COc2ccc(C#N)cc2Cl)n1. The first-order chi connectivity index (χ1) is 11.7. The van der Waals surface area contributed by atoms with Crippen LogP contribution in [0.4, 0.5) is 0 Å². The second-order valence-electron chi connectivity index (χ2n) is 4.76. The van der Waals surface area contributed by atoms with E-state index in [1.807, 2.05) is 30.3 Å². The third kappa shape index (κ3) is 3.31. The van der Waals surface area contributed by atoms with Gasteiger partial charge in [0, 0.05) is 0 Å². The summed E-state index contributed by atoms with van der Waals surface area (Å²) in [6, 6.07) is 14.2. The van der Waals surface area contributed by atoms with Crippen LogP contribution in [0.1, 0.15) is 11.5 Å². The standard InChI is InChI=1S/C17H12ClN3O3/c1-22-14-5-3-2-4-12(14)17-20-16(24-21-17)10-23-15-7-6-11(9-19)8-13(15)18/h2-8H,10H2,1H3. The molecule has 0 aliphatic carbocycles. The third-order valence-electron chi connectivity index (χ3n) is 3.23. The Bertz CT molecular complexity index is 902. The van der Waals surface area contributed by atoms with E-state index in [1.54, 1.807) is 19.2 Å². The maximum Gasteiger partial charge on any atom is 0.264 e. The van der Waals surface area contributed by atoms with Crippen molar-refractivity contribution in [2.24, 2.45) is 0 Å². The molecule has 0 spiro atoms. The Kier molecular flexibility index (Phi) is 4.64. The van der Waals surface area contributed by atoms with Gasteiger partial charge in [-0.3, -0.25) is 0 Å². The van der Waals surface area contributed by atoms with E-state index in [0.29, 0.717) is 33.8 Å². The number of rotatable bonds is 5. The molecule has 1 aromatic heterocycles. The van der Waals surface area contributed by atoms with Crippen LogP contribution in [0.2, 0.25) is 5.02 Å². The van der Waals surface area contributed by atoms with E-state index < -0.39 is 0 Å². The molecule has 120 valence electrons. The summed E-state index contributed by atoms with van der Waals surface area (Å²) in [6.45, 7) is 0.0633. The summed E-state index contributed by atoms with van der Waals surface area (Å²) in [4.78, 5) is 4.29. The normalized spacial score (nSPS) is 10.2. The fraction of sp³-hybridized carbons (Fsp3) is 0.118. The molecule has 0 aliphatic rings. The average Bonchev–Trinajstić information content (AvgIpc) is 3.09. The third-order valence-corrected chi connectivity index (χ3v) is 3.52. The van der Waals surface area contributed by atoms with Crippen molar-refractivity contribution in [3.05, 3.63) is 58.9 Å². The molecule has 0 fully saturated rings. The average molecular weight is 342 g/mol. The summed E-state index contributed by atoms with van der Waals surface area (Å²) in [5.74, 6) is 1.81. The van der Waals surface area contributed by atoms with E-state index in [9.17, 15) is 0 Å². The topological polar surface area (TPSA) is 81.2 Å². The van der Waals surface area contributed by atoms with E-state index >= 15 is 0 Å². The van der Waals surface area contributed by atoms with Gasteiger partial charge in [0.2, 0.25) is 5.82 Å². The van der Waals surface area contributed by atoms with Crippen molar-refractivity contribution in [3.63, 3.8) is 0 Å². The molecule has 3 rings (SSSR count). The summed E-state index contributed by atoms with van der Waals surface area (Å²) < 4.78 is 16.0. The Balaban J connectivity index is 1.74. The second kappa shape index (κ2) is 7.02. The number of hydrogen-bond donors (Lipinski definition) is 0. The van der Waals surface area contributed by atoms with Crippen molar-refractivity contribution in [2.75, 3.05) is 7.11 Å². The molecule has 24 heavy (non-hydrogen) atoms. The number of halogens is 1. The summed E-state index contributed by atoms with van der Waals surface area (Å²) >= 11 is 6.06. The lowest BCUT2D eigenvalue weighted by Crippen LogP contribution is -1.97. The van der Waals surface area contributed by atoms with E-state index in [1.165, 1.54) is 6.07 Å². The first kappa shape index (κ1) is 15.8. The zero-order valence-corrected chi connectivity index (χ0v) is 13.4. The van der Waals surface area contributed by atoms with Crippen molar-refractivity contribution in [1.82, 2.24) is 10.1 Å². The zero-order chi connectivity index (χ0) is 16.9. The van der Waals surface area contributed by atoms with Crippen molar-refractivity contribution in [1.29, 1.82) is 5.26 Å². The molecule has 3 aromatic rings. The van der Waals surface area contributed by atoms with Gasteiger partial charge in [0.25, 0.3) is 5.89 Å². The molecule has 0 unspecified atom stereocenters. The van der Waals surface area contributed by atoms with Crippen molar-refractivity contribution in [3.8, 4) is 29.0 Å². The van der Waals surface area contributed by atoms with Crippen molar-refractivity contribution < 1.29 is 14.0 Å². The number of ether oxygens (including phenoxy) is 2. The first-order valence-corrected chi connectivity index (χ1v) is 7.37. The summed E-state index contributed by atoms with van der Waals surface area (Å²) in [5.41, 5.74) is 1.19. The maximum absolute atomic E-state index is 8.82. The van der Waals surface area contributed by atoms with Crippen LogP contribution in [0.15, 0.2) is 47.0 Å². The zero-order valence-electron chi connectivity index (χ0n) is 12.7. The number of nitrogens with zero attached hydrogens (tertiary/aromatic N) is 3. The number of benzene rings is 2. The van der Waals surface area contributed by atoms with Gasteiger partial charge < -0.3 is 14.0 Å². The predicted molar refractivity (Wildman–Crippen MR) is 86.8 cm³/mol. The van der Waals surface area contributed by atoms with E-state index in [-0.39, 0.29) is 6.61 Å². The Morgan fingerprint density at radius 3 is 2.79 bits per heavy atom. The minimum absolute atomic E-state index is 0.0633. The van der Waals surface area contributed by atoms with E-state index in [4.69, 9.17) is 30.9 Å². The van der Waals surface area contributed by atoms with Crippen LogP contribution in [-0.2, 0) is 6.61 Å². The number of para-hydroxylation sites is 1.